The molecule has 0 amide bonds. The first-order valence-electron chi connectivity index (χ1n) is 6.73. The van der Waals surface area contributed by atoms with E-state index in [1.807, 2.05) is 0 Å². The number of ether oxygens (including phenoxy) is 2. The largest absolute Gasteiger partial charge is 0.697 e. The second-order valence-corrected chi connectivity index (χ2v) is 5.98. The molecule has 0 bridgehead atoms. The molecular formula is C11H13N5O6P+. The SMILES string of the molecule is COc1nc(N)nc2c1ncn2C1OC2CO[P+](=O)OC2C1O. The van der Waals surface area contributed by atoms with Crippen molar-refractivity contribution in [1.82, 2.24) is 19.5 Å². The van der Waals surface area contributed by atoms with Gasteiger partial charge in [0, 0.05) is 4.57 Å². The van der Waals surface area contributed by atoms with Gasteiger partial charge in [-0.3, -0.25) is 4.57 Å². The summed E-state index contributed by atoms with van der Waals surface area (Å²) < 4.78 is 33.8. The minimum absolute atomic E-state index is 0.00339. The zero-order chi connectivity index (χ0) is 16.1. The minimum Gasteiger partial charge on any atom is -0.479 e. The second-order valence-electron chi connectivity index (χ2n) is 5.06. The molecule has 2 aliphatic rings. The Hall–Kier alpha value is -1.91. The molecule has 0 spiro atoms. The highest BCUT2D eigenvalue weighted by molar-refractivity contribution is 7.33. The molecule has 4 heterocycles. The van der Waals surface area contributed by atoms with Crippen LogP contribution in [0, 0.1) is 0 Å². The van der Waals surface area contributed by atoms with Crippen LogP contribution in [-0.4, -0.2) is 56.7 Å². The Morgan fingerprint density at radius 3 is 3.13 bits per heavy atom. The third kappa shape index (κ3) is 2.25. The molecule has 5 unspecified atom stereocenters. The number of aliphatic hydroxyl groups is 1. The van der Waals surface area contributed by atoms with Crippen molar-refractivity contribution < 1.29 is 28.2 Å². The first-order valence-corrected chi connectivity index (χ1v) is 7.82. The summed E-state index contributed by atoms with van der Waals surface area (Å²) >= 11 is 0. The van der Waals surface area contributed by atoms with Gasteiger partial charge in [0.25, 0.3) is 0 Å². The Morgan fingerprint density at radius 2 is 2.35 bits per heavy atom. The molecule has 5 atom stereocenters. The van der Waals surface area contributed by atoms with Gasteiger partial charge in [-0.25, -0.2) is 4.98 Å². The summed E-state index contributed by atoms with van der Waals surface area (Å²) in [6.45, 7) is 0.0699. The molecule has 12 heteroatoms. The van der Waals surface area contributed by atoms with Crippen molar-refractivity contribution in [3.05, 3.63) is 6.33 Å². The Morgan fingerprint density at radius 1 is 1.52 bits per heavy atom. The maximum atomic E-state index is 11.3. The van der Waals surface area contributed by atoms with Crippen molar-refractivity contribution >= 4 is 25.4 Å². The number of fused-ring (bicyclic) bond motifs is 2. The van der Waals surface area contributed by atoms with Crippen molar-refractivity contribution in [3.63, 3.8) is 0 Å². The van der Waals surface area contributed by atoms with Crippen LogP contribution in [0.2, 0.25) is 0 Å². The lowest BCUT2D eigenvalue weighted by Gasteiger charge is -2.16. The van der Waals surface area contributed by atoms with Crippen molar-refractivity contribution in [2.24, 2.45) is 0 Å². The molecule has 122 valence electrons. The fraction of sp³-hybridized carbons (Fsp3) is 0.545. The van der Waals surface area contributed by atoms with E-state index in [0.717, 1.165) is 0 Å². The van der Waals surface area contributed by atoms with E-state index in [2.05, 4.69) is 15.0 Å². The highest BCUT2D eigenvalue weighted by Gasteiger charge is 2.54. The molecule has 2 aliphatic heterocycles. The summed E-state index contributed by atoms with van der Waals surface area (Å²) in [6.07, 6.45) is -1.76. The molecular weight excluding hydrogens is 329 g/mol. The van der Waals surface area contributed by atoms with E-state index in [-0.39, 0.29) is 18.4 Å². The van der Waals surface area contributed by atoms with Crippen molar-refractivity contribution in [1.29, 1.82) is 0 Å². The molecule has 4 rings (SSSR count). The summed E-state index contributed by atoms with van der Waals surface area (Å²) in [7, 11) is -0.813. The van der Waals surface area contributed by atoms with Gasteiger partial charge >= 0.3 is 8.25 Å². The molecule has 2 saturated heterocycles. The van der Waals surface area contributed by atoms with Crippen LogP contribution < -0.4 is 10.5 Å². The average molecular weight is 342 g/mol. The lowest BCUT2D eigenvalue weighted by Crippen LogP contribution is -2.37. The van der Waals surface area contributed by atoms with E-state index in [1.165, 1.54) is 18.0 Å². The van der Waals surface area contributed by atoms with Crippen LogP contribution in [0.25, 0.3) is 11.2 Å². The monoisotopic (exact) mass is 342 g/mol. The van der Waals surface area contributed by atoms with Crippen molar-refractivity contribution in [2.75, 3.05) is 19.5 Å². The van der Waals surface area contributed by atoms with Crippen LogP contribution in [0.4, 0.5) is 5.95 Å². The van der Waals surface area contributed by atoms with Gasteiger partial charge in [0.2, 0.25) is 11.8 Å². The van der Waals surface area contributed by atoms with Crippen LogP contribution >= 0.6 is 8.25 Å². The molecule has 0 aromatic carbocycles. The Bertz CT molecular complexity index is 784. The molecule has 3 N–H and O–H groups in total. The molecule has 11 nitrogen and oxygen atoms in total. The maximum Gasteiger partial charge on any atom is 0.697 e. The summed E-state index contributed by atoms with van der Waals surface area (Å²) in [5.74, 6) is 0.225. The van der Waals surface area contributed by atoms with Crippen LogP contribution in [0.5, 0.6) is 5.88 Å². The highest BCUT2D eigenvalue weighted by Crippen LogP contribution is 2.43. The van der Waals surface area contributed by atoms with E-state index in [4.69, 9.17) is 24.3 Å². The average Bonchev–Trinajstić information content (AvgIpc) is 3.08. The number of rotatable bonds is 2. The first kappa shape index (κ1) is 14.7. The lowest BCUT2D eigenvalue weighted by atomic mass is 10.1. The number of anilines is 1. The molecule has 2 fully saturated rings. The standard InChI is InChI=1S/C11H13N5O6P/c1-19-9-5-8(14-11(12)15-9)16(3-13-5)10-6(17)7-4(21-10)2-20-23(18)22-7/h3-4,6-7,10,17H,2H2,1H3,(H2,12,14,15)/q+1. The van der Waals surface area contributed by atoms with E-state index in [1.54, 1.807) is 0 Å². The number of aromatic nitrogens is 4. The van der Waals surface area contributed by atoms with Crippen LogP contribution in [0.15, 0.2) is 6.33 Å². The highest BCUT2D eigenvalue weighted by atomic mass is 31.1. The van der Waals surface area contributed by atoms with Crippen LogP contribution in [0.1, 0.15) is 6.23 Å². The normalized spacial score (nSPS) is 32.2. The number of aliphatic hydroxyl groups excluding tert-OH is 1. The van der Waals surface area contributed by atoms with Gasteiger partial charge in [0.05, 0.1) is 13.4 Å². The van der Waals surface area contributed by atoms with E-state index in [0.29, 0.717) is 11.2 Å². The fourth-order valence-corrected chi connectivity index (χ4v) is 3.50. The predicted octanol–water partition coefficient (Wildman–Crippen LogP) is -0.252. The van der Waals surface area contributed by atoms with Crippen LogP contribution in [-0.2, 0) is 18.3 Å². The third-order valence-electron chi connectivity index (χ3n) is 3.74. The topological polar surface area (TPSA) is 144 Å². The summed E-state index contributed by atoms with van der Waals surface area (Å²) in [4.78, 5) is 12.2. The molecule has 0 aliphatic carbocycles. The quantitative estimate of drug-likeness (QED) is 0.701. The molecule has 2 aromatic rings. The number of methoxy groups -OCH3 is 1. The van der Waals surface area contributed by atoms with E-state index < -0.39 is 32.8 Å². The smallest absolute Gasteiger partial charge is 0.479 e. The zero-order valence-electron chi connectivity index (χ0n) is 11.9. The summed E-state index contributed by atoms with van der Waals surface area (Å²) in [5.41, 5.74) is 6.40. The van der Waals surface area contributed by atoms with Crippen molar-refractivity contribution in [2.45, 2.75) is 24.5 Å². The van der Waals surface area contributed by atoms with E-state index >= 15 is 0 Å². The first-order chi connectivity index (χ1) is 11.1. The number of nitrogens with two attached hydrogens (primary N) is 1. The maximum absolute atomic E-state index is 11.3. The number of hydrogen-bond donors (Lipinski definition) is 2. The number of imidazole rings is 1. The van der Waals surface area contributed by atoms with Gasteiger partial charge in [0.15, 0.2) is 23.5 Å². The van der Waals surface area contributed by atoms with Gasteiger partial charge < -0.3 is 20.3 Å². The zero-order valence-corrected chi connectivity index (χ0v) is 12.8. The Kier molecular flexibility index (Phi) is 3.39. The minimum atomic E-state index is -2.25. The third-order valence-corrected chi connectivity index (χ3v) is 4.51. The molecule has 2 aromatic heterocycles. The van der Waals surface area contributed by atoms with Gasteiger partial charge in [-0.1, -0.05) is 0 Å². The Labute approximate surface area is 130 Å². The molecule has 23 heavy (non-hydrogen) atoms. The van der Waals surface area contributed by atoms with Gasteiger partial charge in [-0.2, -0.15) is 9.97 Å². The second kappa shape index (κ2) is 5.32. The van der Waals surface area contributed by atoms with Gasteiger partial charge in [-0.15, -0.1) is 9.05 Å². The number of nitrogens with zero attached hydrogens (tertiary/aromatic N) is 4. The fourth-order valence-electron chi connectivity index (χ4n) is 2.71. The van der Waals surface area contributed by atoms with E-state index in [9.17, 15) is 9.67 Å². The molecule has 0 saturated carbocycles. The molecule has 0 radical (unpaired) electrons. The summed E-state index contributed by atoms with van der Waals surface area (Å²) in [5, 5.41) is 10.4. The predicted molar refractivity (Wildman–Crippen MR) is 74.6 cm³/mol. The van der Waals surface area contributed by atoms with Gasteiger partial charge in [-0.05, 0) is 0 Å². The number of nitrogen functional groups attached to an aromatic ring is 1. The number of hydrogen-bond acceptors (Lipinski definition) is 10. The Balaban J connectivity index is 1.75. The summed E-state index contributed by atoms with van der Waals surface area (Å²) in [6, 6.07) is 0. The van der Waals surface area contributed by atoms with Crippen LogP contribution in [0.3, 0.4) is 0 Å². The van der Waals surface area contributed by atoms with Gasteiger partial charge in [0.1, 0.15) is 18.8 Å². The van der Waals surface area contributed by atoms with Crippen molar-refractivity contribution in [3.8, 4) is 5.88 Å². The lowest BCUT2D eigenvalue weighted by molar-refractivity contribution is -0.0553.